The summed E-state index contributed by atoms with van der Waals surface area (Å²) in [6.07, 6.45) is 5.21. The molecule has 8 nitrogen and oxygen atoms in total. The van der Waals surface area contributed by atoms with E-state index in [-0.39, 0.29) is 18.4 Å². The van der Waals surface area contributed by atoms with E-state index in [2.05, 4.69) is 4.98 Å². The number of imidazole rings is 1. The first kappa shape index (κ1) is 17.4. The molecule has 2 amide bonds. The highest BCUT2D eigenvalue weighted by molar-refractivity contribution is 5.95. The average molecular weight is 370 g/mol. The number of fused-ring (bicyclic) bond motifs is 1. The minimum Gasteiger partial charge on any atom is -0.486 e. The van der Waals surface area contributed by atoms with Crippen molar-refractivity contribution in [3.63, 3.8) is 0 Å². The van der Waals surface area contributed by atoms with Gasteiger partial charge in [-0.05, 0) is 31.0 Å². The Morgan fingerprint density at radius 1 is 1.22 bits per heavy atom. The maximum absolute atomic E-state index is 13.0. The summed E-state index contributed by atoms with van der Waals surface area (Å²) in [5.41, 5.74) is 5.90. The maximum Gasteiger partial charge on any atom is 0.254 e. The van der Waals surface area contributed by atoms with E-state index < -0.39 is 5.91 Å². The second-order valence-electron chi connectivity index (χ2n) is 6.83. The average Bonchev–Trinajstić information content (AvgIpc) is 3.14. The van der Waals surface area contributed by atoms with Gasteiger partial charge in [-0.1, -0.05) is 0 Å². The van der Waals surface area contributed by atoms with E-state index in [4.69, 9.17) is 15.2 Å². The summed E-state index contributed by atoms with van der Waals surface area (Å²) < 4.78 is 12.9. The Bertz CT molecular complexity index is 863. The fourth-order valence-electron chi connectivity index (χ4n) is 3.71. The fourth-order valence-corrected chi connectivity index (χ4v) is 3.71. The summed E-state index contributed by atoms with van der Waals surface area (Å²) in [4.78, 5) is 30.5. The van der Waals surface area contributed by atoms with Gasteiger partial charge in [0.15, 0.2) is 11.5 Å². The van der Waals surface area contributed by atoms with Crippen molar-refractivity contribution in [2.45, 2.75) is 25.3 Å². The molecular weight excluding hydrogens is 348 g/mol. The van der Waals surface area contributed by atoms with Crippen molar-refractivity contribution in [2.24, 2.45) is 5.73 Å². The molecule has 2 aliphatic rings. The Balaban J connectivity index is 1.50. The highest BCUT2D eigenvalue weighted by Gasteiger charge is 2.29. The minimum atomic E-state index is -0.408. The first-order valence-electron chi connectivity index (χ1n) is 9.10. The Morgan fingerprint density at radius 2 is 2.04 bits per heavy atom. The molecule has 3 heterocycles. The quantitative estimate of drug-likeness (QED) is 0.871. The van der Waals surface area contributed by atoms with Crippen molar-refractivity contribution in [1.82, 2.24) is 14.5 Å². The molecule has 0 unspecified atom stereocenters. The third kappa shape index (κ3) is 3.60. The van der Waals surface area contributed by atoms with Crippen LogP contribution in [0.3, 0.4) is 0 Å². The Kier molecular flexibility index (Phi) is 4.70. The van der Waals surface area contributed by atoms with E-state index in [0.717, 1.165) is 18.7 Å². The molecule has 1 atom stereocenters. The third-order valence-electron chi connectivity index (χ3n) is 4.94. The second-order valence-corrected chi connectivity index (χ2v) is 6.83. The van der Waals surface area contributed by atoms with Crippen LogP contribution in [0.1, 0.15) is 34.9 Å². The largest absolute Gasteiger partial charge is 0.486 e. The van der Waals surface area contributed by atoms with Crippen LogP contribution in [0.4, 0.5) is 0 Å². The van der Waals surface area contributed by atoms with Crippen LogP contribution in [0.2, 0.25) is 0 Å². The second kappa shape index (κ2) is 7.30. The standard InChI is InChI=1S/C19H22N4O4/c20-17(24)12-22-7-5-21-18(22)14-2-1-6-23(11-14)19(25)13-3-4-15-16(10-13)27-9-8-26-15/h3-5,7,10,14H,1-2,6,8-9,11-12H2,(H2,20,24)/t14-/m1/s1. The molecule has 1 aromatic heterocycles. The van der Waals surface area contributed by atoms with Gasteiger partial charge in [0.05, 0.1) is 0 Å². The highest BCUT2D eigenvalue weighted by Crippen LogP contribution is 2.32. The maximum atomic E-state index is 13.0. The normalized spacial score (nSPS) is 19.0. The van der Waals surface area contributed by atoms with Gasteiger partial charge in [-0.2, -0.15) is 0 Å². The number of carbonyl (C=O) groups is 2. The van der Waals surface area contributed by atoms with E-state index >= 15 is 0 Å². The number of amides is 2. The van der Waals surface area contributed by atoms with Gasteiger partial charge in [0.1, 0.15) is 25.6 Å². The van der Waals surface area contributed by atoms with Gasteiger partial charge < -0.3 is 24.7 Å². The van der Waals surface area contributed by atoms with Crippen molar-refractivity contribution in [3.8, 4) is 11.5 Å². The predicted octanol–water partition coefficient (Wildman–Crippen LogP) is 1.16. The van der Waals surface area contributed by atoms with Gasteiger partial charge in [-0.15, -0.1) is 0 Å². The molecule has 0 saturated carbocycles. The number of hydrogen-bond acceptors (Lipinski definition) is 5. The molecule has 4 rings (SSSR count). The lowest BCUT2D eigenvalue weighted by Crippen LogP contribution is -2.40. The lowest BCUT2D eigenvalue weighted by Gasteiger charge is -2.33. The van der Waals surface area contributed by atoms with Crippen molar-refractivity contribution in [2.75, 3.05) is 26.3 Å². The van der Waals surface area contributed by atoms with Gasteiger partial charge in [-0.3, -0.25) is 9.59 Å². The van der Waals surface area contributed by atoms with Crippen molar-refractivity contribution in [3.05, 3.63) is 42.0 Å². The number of primary amides is 1. The molecule has 2 aliphatic heterocycles. The molecule has 2 aromatic rings. The Hall–Kier alpha value is -3.03. The topological polar surface area (TPSA) is 99.7 Å². The molecule has 0 spiro atoms. The number of piperidine rings is 1. The molecule has 1 fully saturated rings. The monoisotopic (exact) mass is 370 g/mol. The third-order valence-corrected chi connectivity index (χ3v) is 4.94. The summed E-state index contributed by atoms with van der Waals surface area (Å²) in [7, 11) is 0. The van der Waals surface area contributed by atoms with Crippen molar-refractivity contribution < 1.29 is 19.1 Å². The van der Waals surface area contributed by atoms with Gasteiger partial charge in [0.25, 0.3) is 5.91 Å². The molecular formula is C19H22N4O4. The zero-order valence-corrected chi connectivity index (χ0v) is 15.0. The molecule has 1 saturated heterocycles. The van der Waals surface area contributed by atoms with Crippen LogP contribution in [-0.4, -0.2) is 52.6 Å². The van der Waals surface area contributed by atoms with Crippen LogP contribution in [0.5, 0.6) is 11.5 Å². The number of carbonyl (C=O) groups excluding carboxylic acids is 2. The van der Waals surface area contributed by atoms with Crippen LogP contribution >= 0.6 is 0 Å². The molecule has 8 heteroatoms. The van der Waals surface area contributed by atoms with Crippen LogP contribution in [0, 0.1) is 0 Å². The number of ether oxygens (including phenoxy) is 2. The van der Waals surface area contributed by atoms with E-state index in [1.54, 1.807) is 35.2 Å². The van der Waals surface area contributed by atoms with E-state index in [1.807, 2.05) is 4.90 Å². The summed E-state index contributed by atoms with van der Waals surface area (Å²) in [6, 6.07) is 5.30. The lowest BCUT2D eigenvalue weighted by molar-refractivity contribution is -0.118. The van der Waals surface area contributed by atoms with E-state index in [9.17, 15) is 9.59 Å². The molecule has 0 radical (unpaired) electrons. The molecule has 142 valence electrons. The minimum absolute atomic E-state index is 0.0373. The predicted molar refractivity (Wildman–Crippen MR) is 96.7 cm³/mol. The molecule has 0 bridgehead atoms. The lowest BCUT2D eigenvalue weighted by atomic mass is 9.96. The van der Waals surface area contributed by atoms with E-state index in [0.29, 0.717) is 43.4 Å². The molecule has 2 N–H and O–H groups in total. The number of rotatable bonds is 4. The summed E-state index contributed by atoms with van der Waals surface area (Å²) >= 11 is 0. The Labute approximate surface area is 156 Å². The van der Waals surface area contributed by atoms with Gasteiger partial charge in [-0.25, -0.2) is 4.98 Å². The molecule has 1 aromatic carbocycles. The SMILES string of the molecule is NC(=O)Cn1ccnc1[C@@H]1CCCN(C(=O)c2ccc3c(c2)OCCO3)C1. The summed E-state index contributed by atoms with van der Waals surface area (Å²) in [6.45, 7) is 2.36. The zero-order chi connectivity index (χ0) is 18.8. The van der Waals surface area contributed by atoms with Gasteiger partial charge >= 0.3 is 0 Å². The van der Waals surface area contributed by atoms with Crippen molar-refractivity contribution >= 4 is 11.8 Å². The highest BCUT2D eigenvalue weighted by atomic mass is 16.6. The summed E-state index contributed by atoms with van der Waals surface area (Å²) in [5.74, 6) is 1.71. The number of likely N-dealkylation sites (tertiary alicyclic amines) is 1. The van der Waals surface area contributed by atoms with Gasteiger partial charge in [0, 0.05) is 37.0 Å². The van der Waals surface area contributed by atoms with Gasteiger partial charge in [0.2, 0.25) is 5.91 Å². The zero-order valence-electron chi connectivity index (χ0n) is 15.0. The van der Waals surface area contributed by atoms with Crippen LogP contribution in [0.15, 0.2) is 30.6 Å². The number of aromatic nitrogens is 2. The number of nitrogens with zero attached hydrogens (tertiary/aromatic N) is 3. The first-order valence-corrected chi connectivity index (χ1v) is 9.10. The van der Waals surface area contributed by atoms with Crippen LogP contribution in [0.25, 0.3) is 0 Å². The summed E-state index contributed by atoms with van der Waals surface area (Å²) in [5, 5.41) is 0. The fraction of sp³-hybridized carbons (Fsp3) is 0.421. The number of nitrogens with two attached hydrogens (primary N) is 1. The smallest absolute Gasteiger partial charge is 0.254 e. The molecule has 0 aliphatic carbocycles. The van der Waals surface area contributed by atoms with Crippen LogP contribution < -0.4 is 15.2 Å². The Morgan fingerprint density at radius 3 is 2.85 bits per heavy atom. The van der Waals surface area contributed by atoms with Crippen LogP contribution in [-0.2, 0) is 11.3 Å². The van der Waals surface area contributed by atoms with Crippen molar-refractivity contribution in [1.29, 1.82) is 0 Å². The molecule has 27 heavy (non-hydrogen) atoms. The number of benzene rings is 1. The first-order chi connectivity index (χ1) is 13.1. The van der Waals surface area contributed by atoms with E-state index in [1.165, 1.54) is 0 Å². The number of hydrogen-bond donors (Lipinski definition) is 1.